The van der Waals surface area contributed by atoms with Crippen LogP contribution in [-0.2, 0) is 0 Å². The molecule has 0 bridgehead atoms. The minimum atomic E-state index is 0.616. The topological polar surface area (TPSA) is 51.8 Å². The van der Waals surface area contributed by atoms with Crippen LogP contribution >= 0.6 is 11.3 Å². The second-order valence-electron chi connectivity index (χ2n) is 14.3. The lowest BCUT2D eigenvalue weighted by molar-refractivity contribution is 0.669. The molecule has 0 spiro atoms. The Balaban J connectivity index is 1.07. The maximum atomic E-state index is 6.53. The number of hydrogen-bond acceptors (Lipinski definition) is 5. The Morgan fingerprint density at radius 3 is 1.70 bits per heavy atom. The average Bonchev–Trinajstić information content (AvgIpc) is 3.85. The van der Waals surface area contributed by atoms with Crippen LogP contribution < -0.4 is 0 Å². The first kappa shape index (κ1) is 31.2. The lowest BCUT2D eigenvalue weighted by atomic mass is 9.91. The van der Waals surface area contributed by atoms with Crippen molar-refractivity contribution < 1.29 is 4.42 Å². The van der Waals surface area contributed by atoms with E-state index in [0.717, 1.165) is 49.8 Å². The Labute approximate surface area is 325 Å². The van der Waals surface area contributed by atoms with Crippen molar-refractivity contribution in [1.82, 2.24) is 15.0 Å². The quantitative estimate of drug-likeness (QED) is 0.169. The molecule has 0 saturated carbocycles. The zero-order chi connectivity index (χ0) is 36.7. The number of thiophene rings is 1. The lowest BCUT2D eigenvalue weighted by Crippen LogP contribution is -2.00. The van der Waals surface area contributed by atoms with Crippen molar-refractivity contribution in [2.24, 2.45) is 0 Å². The summed E-state index contributed by atoms with van der Waals surface area (Å²) in [6, 6.07) is 62.1. The number of fused-ring (bicyclic) bond motifs is 12. The van der Waals surface area contributed by atoms with Gasteiger partial charge in [0.1, 0.15) is 11.2 Å². The minimum Gasteiger partial charge on any atom is -0.456 e. The highest BCUT2D eigenvalue weighted by atomic mass is 32.1. The fourth-order valence-electron chi connectivity index (χ4n) is 8.55. The van der Waals surface area contributed by atoms with E-state index >= 15 is 0 Å². The smallest absolute Gasteiger partial charge is 0.165 e. The first-order valence-electron chi connectivity index (χ1n) is 18.8. The van der Waals surface area contributed by atoms with Crippen LogP contribution in [0.3, 0.4) is 0 Å². The van der Waals surface area contributed by atoms with Gasteiger partial charge in [0.15, 0.2) is 17.5 Å². The highest BCUT2D eigenvalue weighted by molar-refractivity contribution is 7.26. The molecule has 0 radical (unpaired) electrons. The second kappa shape index (κ2) is 12.2. The number of furan rings is 1. The van der Waals surface area contributed by atoms with E-state index in [1.165, 1.54) is 52.5 Å². The van der Waals surface area contributed by atoms with E-state index in [1.54, 1.807) is 11.3 Å². The third kappa shape index (κ3) is 4.75. The third-order valence-corrected chi connectivity index (χ3v) is 12.3. The monoisotopic (exact) mass is 731 g/mol. The molecule has 0 atom stereocenters. The largest absolute Gasteiger partial charge is 0.456 e. The lowest BCUT2D eigenvalue weighted by Gasteiger charge is -2.12. The molecule has 0 saturated heterocycles. The molecule has 0 amide bonds. The predicted molar refractivity (Wildman–Crippen MR) is 234 cm³/mol. The van der Waals surface area contributed by atoms with Crippen molar-refractivity contribution in [1.29, 1.82) is 0 Å². The minimum absolute atomic E-state index is 0.616. The summed E-state index contributed by atoms with van der Waals surface area (Å²) in [5.41, 5.74) is 6.76. The van der Waals surface area contributed by atoms with Crippen molar-refractivity contribution in [3.05, 3.63) is 176 Å². The fraction of sp³-hybridized carbons (Fsp3) is 0. The van der Waals surface area contributed by atoms with Gasteiger partial charge in [0.05, 0.1) is 0 Å². The number of hydrogen-bond donors (Lipinski definition) is 0. The maximum absolute atomic E-state index is 6.53. The van der Waals surface area contributed by atoms with Crippen LogP contribution in [0.5, 0.6) is 0 Å². The molecular weight excluding hydrogens is 703 g/mol. The Bertz CT molecular complexity index is 3510. The maximum Gasteiger partial charge on any atom is 0.165 e. The summed E-state index contributed by atoms with van der Waals surface area (Å²) < 4.78 is 8.94. The Morgan fingerprint density at radius 2 is 0.911 bits per heavy atom. The van der Waals surface area contributed by atoms with Crippen LogP contribution in [-0.4, -0.2) is 15.0 Å². The molecule has 12 rings (SSSR count). The first-order chi connectivity index (χ1) is 27.7. The molecule has 5 heteroatoms. The molecule has 0 aliphatic rings. The van der Waals surface area contributed by atoms with Crippen LogP contribution in [0.2, 0.25) is 0 Å². The van der Waals surface area contributed by atoms with Crippen LogP contribution in [0.25, 0.3) is 120 Å². The van der Waals surface area contributed by atoms with Gasteiger partial charge in [-0.1, -0.05) is 133 Å². The van der Waals surface area contributed by atoms with E-state index in [4.69, 9.17) is 19.4 Å². The molecule has 260 valence electrons. The summed E-state index contributed by atoms with van der Waals surface area (Å²) in [6.07, 6.45) is 0. The van der Waals surface area contributed by atoms with E-state index in [1.807, 2.05) is 24.3 Å². The third-order valence-electron chi connectivity index (χ3n) is 11.1. The molecule has 0 fully saturated rings. The van der Waals surface area contributed by atoms with Crippen molar-refractivity contribution in [2.45, 2.75) is 0 Å². The Hall–Kier alpha value is -7.21. The van der Waals surface area contributed by atoms with E-state index in [0.29, 0.717) is 17.5 Å². The number of nitrogens with zero attached hydrogens (tertiary/aromatic N) is 3. The van der Waals surface area contributed by atoms with Crippen molar-refractivity contribution in [3.63, 3.8) is 0 Å². The molecule has 12 aromatic rings. The van der Waals surface area contributed by atoms with Gasteiger partial charge in [-0.3, -0.25) is 0 Å². The van der Waals surface area contributed by atoms with Gasteiger partial charge < -0.3 is 4.42 Å². The number of rotatable bonds is 4. The van der Waals surface area contributed by atoms with Gasteiger partial charge in [0.25, 0.3) is 0 Å². The Morgan fingerprint density at radius 1 is 0.339 bits per heavy atom. The molecule has 3 aromatic heterocycles. The van der Waals surface area contributed by atoms with Crippen molar-refractivity contribution >= 4 is 85.8 Å². The standard InChI is InChI=1S/C51H29N3OS/c1-2-12-30(13-3-1)49-52-50(54-51(53-49)41-21-10-20-40-39-18-8-9-23-46(39)56-48(40)41)32-25-27-44-43(29-32)47-33(19-11-22-45(47)55-44)31-24-26-38-36-16-5-4-14-34(36)35-15-6-7-17-37(35)42(38)28-31/h1-29H. The zero-order valence-corrected chi connectivity index (χ0v) is 30.7. The molecule has 0 unspecified atom stereocenters. The average molecular weight is 732 g/mol. The van der Waals surface area contributed by atoms with E-state index < -0.39 is 0 Å². The van der Waals surface area contributed by atoms with Crippen molar-refractivity contribution in [2.75, 3.05) is 0 Å². The summed E-state index contributed by atoms with van der Waals surface area (Å²) >= 11 is 1.78. The van der Waals surface area contributed by atoms with Gasteiger partial charge >= 0.3 is 0 Å². The van der Waals surface area contributed by atoms with E-state index in [2.05, 4.69) is 152 Å². The molecule has 56 heavy (non-hydrogen) atoms. The van der Waals surface area contributed by atoms with Gasteiger partial charge in [0, 0.05) is 47.6 Å². The van der Waals surface area contributed by atoms with E-state index in [-0.39, 0.29) is 0 Å². The number of aromatic nitrogens is 3. The second-order valence-corrected chi connectivity index (χ2v) is 15.3. The normalized spacial score (nSPS) is 11.9. The molecule has 9 aromatic carbocycles. The van der Waals surface area contributed by atoms with Crippen LogP contribution in [0.15, 0.2) is 180 Å². The highest BCUT2D eigenvalue weighted by Gasteiger charge is 2.19. The first-order valence-corrected chi connectivity index (χ1v) is 19.6. The van der Waals surface area contributed by atoms with Gasteiger partial charge in [0.2, 0.25) is 0 Å². The summed E-state index contributed by atoms with van der Waals surface area (Å²) in [4.78, 5) is 15.4. The number of benzene rings is 9. The SMILES string of the molecule is c1ccc(-c2nc(-c3ccc4oc5cccc(-c6ccc7c8ccccc8c8ccccc8c7c6)c5c4c3)nc(-c3cccc4c3sc3ccccc34)n2)cc1. The zero-order valence-electron chi connectivity index (χ0n) is 29.9. The van der Waals surface area contributed by atoms with Crippen LogP contribution in [0, 0.1) is 0 Å². The molecule has 0 aliphatic carbocycles. The molecule has 3 heterocycles. The van der Waals surface area contributed by atoms with Gasteiger partial charge in [-0.25, -0.2) is 15.0 Å². The Kier molecular flexibility index (Phi) is 6.76. The predicted octanol–water partition coefficient (Wildman–Crippen LogP) is 14.3. The van der Waals surface area contributed by atoms with Crippen molar-refractivity contribution in [3.8, 4) is 45.3 Å². The summed E-state index contributed by atoms with van der Waals surface area (Å²) in [5.74, 6) is 1.90. The van der Waals surface area contributed by atoms with Crippen LogP contribution in [0.4, 0.5) is 0 Å². The van der Waals surface area contributed by atoms with E-state index in [9.17, 15) is 0 Å². The fourth-order valence-corrected chi connectivity index (χ4v) is 9.76. The van der Waals surface area contributed by atoms with Gasteiger partial charge in [-0.15, -0.1) is 11.3 Å². The van der Waals surface area contributed by atoms with Gasteiger partial charge in [-0.05, 0) is 85.9 Å². The molecule has 0 N–H and O–H groups in total. The summed E-state index contributed by atoms with van der Waals surface area (Å²) in [5, 5.41) is 12.1. The summed E-state index contributed by atoms with van der Waals surface area (Å²) in [7, 11) is 0. The van der Waals surface area contributed by atoms with Gasteiger partial charge in [-0.2, -0.15) is 0 Å². The molecule has 4 nitrogen and oxygen atoms in total. The molecular formula is C51H29N3OS. The van der Waals surface area contributed by atoms with Crippen LogP contribution in [0.1, 0.15) is 0 Å². The summed E-state index contributed by atoms with van der Waals surface area (Å²) in [6.45, 7) is 0. The highest BCUT2D eigenvalue weighted by Crippen LogP contribution is 2.43. The molecule has 0 aliphatic heterocycles.